The molecule has 4 amide bonds. The molecule has 0 bridgehead atoms. The summed E-state index contributed by atoms with van der Waals surface area (Å²) in [5.41, 5.74) is 1.07. The number of piperazine rings is 1. The van der Waals surface area contributed by atoms with Gasteiger partial charge >= 0.3 is 0 Å². The lowest BCUT2D eigenvalue weighted by Crippen LogP contribution is -2.50. The van der Waals surface area contributed by atoms with E-state index < -0.39 is 0 Å². The van der Waals surface area contributed by atoms with E-state index in [1.807, 2.05) is 6.92 Å². The molecule has 26 heavy (non-hydrogen) atoms. The second-order valence-corrected chi connectivity index (χ2v) is 6.67. The first-order valence-electron chi connectivity index (χ1n) is 8.99. The van der Waals surface area contributed by atoms with Crippen LogP contribution in [-0.2, 0) is 4.79 Å². The summed E-state index contributed by atoms with van der Waals surface area (Å²) < 4.78 is 0. The molecule has 2 aliphatic rings. The summed E-state index contributed by atoms with van der Waals surface area (Å²) in [4.78, 5) is 53.7. The SMILES string of the molecule is CCCCN1C(=O)c2ccc(C(=O)N3CCN(C(C)=O)CC3)cc2C1=O. The molecule has 0 radical (unpaired) electrons. The Hall–Kier alpha value is -2.70. The molecule has 0 unspecified atom stereocenters. The number of unbranched alkanes of at least 4 members (excludes halogenated alkanes) is 1. The van der Waals surface area contributed by atoms with Crippen LogP contribution < -0.4 is 0 Å². The molecule has 0 spiro atoms. The maximum atomic E-state index is 12.7. The molecule has 1 aromatic rings. The molecule has 2 aliphatic heterocycles. The molecule has 0 saturated carbocycles. The van der Waals surface area contributed by atoms with Crippen molar-refractivity contribution in [1.82, 2.24) is 14.7 Å². The van der Waals surface area contributed by atoms with Crippen molar-refractivity contribution in [1.29, 1.82) is 0 Å². The Labute approximate surface area is 152 Å². The van der Waals surface area contributed by atoms with Crippen LogP contribution in [0, 0.1) is 0 Å². The van der Waals surface area contributed by atoms with Gasteiger partial charge in [-0.2, -0.15) is 0 Å². The standard InChI is InChI=1S/C19H23N3O4/c1-3-4-7-22-18(25)15-6-5-14(12-16(15)19(22)26)17(24)21-10-8-20(9-11-21)13(2)23/h5-6,12H,3-4,7-11H2,1-2H3. The van der Waals surface area contributed by atoms with Crippen molar-refractivity contribution in [2.45, 2.75) is 26.7 Å². The number of hydrogen-bond acceptors (Lipinski definition) is 4. The van der Waals surface area contributed by atoms with Gasteiger partial charge in [-0.1, -0.05) is 13.3 Å². The minimum atomic E-state index is -0.325. The van der Waals surface area contributed by atoms with Crippen LogP contribution >= 0.6 is 0 Å². The van der Waals surface area contributed by atoms with Crippen molar-refractivity contribution in [3.63, 3.8) is 0 Å². The molecule has 0 aliphatic carbocycles. The summed E-state index contributed by atoms with van der Waals surface area (Å²) in [5, 5.41) is 0. The van der Waals surface area contributed by atoms with Gasteiger partial charge in [-0.3, -0.25) is 24.1 Å². The number of benzene rings is 1. The molecule has 0 atom stereocenters. The van der Waals surface area contributed by atoms with Crippen LogP contribution in [0.2, 0.25) is 0 Å². The second kappa shape index (κ2) is 7.27. The number of rotatable bonds is 4. The van der Waals surface area contributed by atoms with Crippen molar-refractivity contribution in [2.24, 2.45) is 0 Å². The highest BCUT2D eigenvalue weighted by Crippen LogP contribution is 2.25. The fourth-order valence-electron chi connectivity index (χ4n) is 3.35. The average Bonchev–Trinajstić information content (AvgIpc) is 2.89. The Balaban J connectivity index is 1.75. The number of amides is 4. The van der Waals surface area contributed by atoms with Gasteiger partial charge in [0.2, 0.25) is 5.91 Å². The van der Waals surface area contributed by atoms with Gasteiger partial charge in [-0.25, -0.2) is 0 Å². The molecular weight excluding hydrogens is 334 g/mol. The number of carbonyl (C=O) groups is 4. The molecule has 7 nitrogen and oxygen atoms in total. The predicted octanol–water partition coefficient (Wildman–Crippen LogP) is 1.39. The van der Waals surface area contributed by atoms with Crippen molar-refractivity contribution in [3.8, 4) is 0 Å². The number of imide groups is 1. The van der Waals surface area contributed by atoms with E-state index in [1.165, 1.54) is 17.9 Å². The van der Waals surface area contributed by atoms with E-state index in [0.29, 0.717) is 49.4 Å². The number of hydrogen-bond donors (Lipinski definition) is 0. The highest BCUT2D eigenvalue weighted by atomic mass is 16.2. The fraction of sp³-hybridized carbons (Fsp3) is 0.474. The van der Waals surface area contributed by atoms with E-state index in [2.05, 4.69) is 0 Å². The zero-order valence-electron chi connectivity index (χ0n) is 15.2. The third kappa shape index (κ3) is 3.21. The largest absolute Gasteiger partial charge is 0.339 e. The summed E-state index contributed by atoms with van der Waals surface area (Å²) in [5.74, 6) is -0.781. The van der Waals surface area contributed by atoms with E-state index in [0.717, 1.165) is 12.8 Å². The molecule has 1 aromatic carbocycles. The lowest BCUT2D eigenvalue weighted by Gasteiger charge is -2.34. The van der Waals surface area contributed by atoms with Gasteiger partial charge in [-0.15, -0.1) is 0 Å². The molecule has 2 heterocycles. The Morgan fingerprint density at radius 2 is 1.58 bits per heavy atom. The quantitative estimate of drug-likeness (QED) is 0.763. The summed E-state index contributed by atoms with van der Waals surface area (Å²) in [6.07, 6.45) is 1.65. The first-order valence-corrected chi connectivity index (χ1v) is 8.99. The summed E-state index contributed by atoms with van der Waals surface area (Å²) in [7, 11) is 0. The normalized spacial score (nSPS) is 16.9. The van der Waals surface area contributed by atoms with E-state index in [9.17, 15) is 19.2 Å². The number of fused-ring (bicyclic) bond motifs is 1. The lowest BCUT2D eigenvalue weighted by molar-refractivity contribution is -0.130. The maximum Gasteiger partial charge on any atom is 0.261 e. The molecule has 7 heteroatoms. The molecule has 1 fully saturated rings. The zero-order valence-corrected chi connectivity index (χ0v) is 15.2. The Morgan fingerprint density at radius 3 is 2.19 bits per heavy atom. The van der Waals surface area contributed by atoms with Crippen LogP contribution in [0.3, 0.4) is 0 Å². The van der Waals surface area contributed by atoms with Gasteiger partial charge in [0.1, 0.15) is 0 Å². The van der Waals surface area contributed by atoms with Gasteiger partial charge in [0.15, 0.2) is 0 Å². The van der Waals surface area contributed by atoms with Crippen molar-refractivity contribution < 1.29 is 19.2 Å². The number of carbonyl (C=O) groups excluding carboxylic acids is 4. The van der Waals surface area contributed by atoms with Gasteiger partial charge < -0.3 is 9.80 Å². The van der Waals surface area contributed by atoms with Gasteiger partial charge in [-0.05, 0) is 24.6 Å². The predicted molar refractivity (Wildman–Crippen MR) is 94.9 cm³/mol. The molecule has 0 aromatic heterocycles. The maximum absolute atomic E-state index is 12.7. The third-order valence-corrected chi connectivity index (χ3v) is 4.97. The third-order valence-electron chi connectivity index (χ3n) is 4.97. The van der Waals surface area contributed by atoms with Crippen LogP contribution in [0.5, 0.6) is 0 Å². The summed E-state index contributed by atoms with van der Waals surface area (Å²) >= 11 is 0. The summed E-state index contributed by atoms with van der Waals surface area (Å²) in [6, 6.07) is 4.70. The van der Waals surface area contributed by atoms with Crippen LogP contribution in [0.4, 0.5) is 0 Å². The highest BCUT2D eigenvalue weighted by Gasteiger charge is 2.36. The second-order valence-electron chi connectivity index (χ2n) is 6.67. The average molecular weight is 357 g/mol. The van der Waals surface area contributed by atoms with E-state index in [4.69, 9.17) is 0 Å². The minimum absolute atomic E-state index is 0.00547. The molecule has 0 N–H and O–H groups in total. The van der Waals surface area contributed by atoms with Gasteiger partial charge in [0.25, 0.3) is 17.7 Å². The van der Waals surface area contributed by atoms with Crippen molar-refractivity contribution in [2.75, 3.05) is 32.7 Å². The Morgan fingerprint density at radius 1 is 0.962 bits per heavy atom. The molecular formula is C19H23N3O4. The number of nitrogens with zero attached hydrogens (tertiary/aromatic N) is 3. The van der Waals surface area contributed by atoms with Crippen LogP contribution in [0.1, 0.15) is 57.8 Å². The lowest BCUT2D eigenvalue weighted by atomic mass is 10.0. The molecule has 1 saturated heterocycles. The highest BCUT2D eigenvalue weighted by molar-refractivity contribution is 6.22. The molecule has 3 rings (SSSR count). The van der Waals surface area contributed by atoms with Crippen LogP contribution in [0.25, 0.3) is 0 Å². The van der Waals surface area contributed by atoms with Gasteiger partial charge in [0, 0.05) is 45.2 Å². The zero-order chi connectivity index (χ0) is 18.8. The van der Waals surface area contributed by atoms with Crippen LogP contribution in [0.15, 0.2) is 18.2 Å². The Kier molecular flexibility index (Phi) is 5.06. The minimum Gasteiger partial charge on any atom is -0.339 e. The van der Waals surface area contributed by atoms with Gasteiger partial charge in [0.05, 0.1) is 11.1 Å². The first kappa shape index (κ1) is 18.1. The Bertz CT molecular complexity index is 766. The topological polar surface area (TPSA) is 78.0 Å². The van der Waals surface area contributed by atoms with E-state index >= 15 is 0 Å². The van der Waals surface area contributed by atoms with Crippen molar-refractivity contribution in [3.05, 3.63) is 34.9 Å². The first-order chi connectivity index (χ1) is 12.4. The van der Waals surface area contributed by atoms with E-state index in [-0.39, 0.29) is 23.6 Å². The van der Waals surface area contributed by atoms with Crippen LogP contribution in [-0.4, -0.2) is 71.1 Å². The monoisotopic (exact) mass is 357 g/mol. The van der Waals surface area contributed by atoms with Crippen molar-refractivity contribution >= 4 is 23.6 Å². The smallest absolute Gasteiger partial charge is 0.261 e. The molecule has 138 valence electrons. The summed E-state index contributed by atoms with van der Waals surface area (Å²) in [6.45, 7) is 5.86. The van der Waals surface area contributed by atoms with E-state index in [1.54, 1.807) is 21.9 Å². The fourth-order valence-corrected chi connectivity index (χ4v) is 3.35.